The molecule has 15 heavy (non-hydrogen) atoms. The first kappa shape index (κ1) is 12.2. The van der Waals surface area contributed by atoms with Crippen molar-refractivity contribution in [3.63, 3.8) is 0 Å². The highest BCUT2D eigenvalue weighted by Gasteiger charge is 2.15. The number of benzene rings is 1. The summed E-state index contributed by atoms with van der Waals surface area (Å²) < 4.78 is 6.13. The number of hydrogen-bond acceptors (Lipinski definition) is 3. The molecule has 0 saturated heterocycles. The molecule has 0 heterocycles. The van der Waals surface area contributed by atoms with Gasteiger partial charge >= 0.3 is 0 Å². The lowest BCUT2D eigenvalue weighted by Gasteiger charge is -2.11. The number of ketones is 1. The molecule has 0 N–H and O–H groups in total. The average Bonchev–Trinajstić information content (AvgIpc) is 2.18. The van der Waals surface area contributed by atoms with Gasteiger partial charge in [-0.3, -0.25) is 9.59 Å². The minimum absolute atomic E-state index is 0.0991. The van der Waals surface area contributed by atoms with Gasteiger partial charge in [-0.25, -0.2) is 0 Å². The second-order valence-electron chi connectivity index (χ2n) is 2.94. The molecule has 0 amide bonds. The second-order valence-corrected chi connectivity index (χ2v) is 4.11. The van der Waals surface area contributed by atoms with Crippen LogP contribution in [-0.2, 0) is 0 Å². The standard InChI is InChI=1S/C11H11IO3/c1-3-15-11-8(7(2)14)4-5-10(12)9(11)6-13/h4-6H,3H2,1-2H3. The summed E-state index contributed by atoms with van der Waals surface area (Å²) in [5.41, 5.74) is 0.907. The Morgan fingerprint density at radius 3 is 2.67 bits per heavy atom. The molecular weight excluding hydrogens is 307 g/mol. The van der Waals surface area contributed by atoms with Gasteiger partial charge in [-0.2, -0.15) is 0 Å². The molecule has 0 aliphatic carbocycles. The van der Waals surface area contributed by atoms with Gasteiger partial charge in [0, 0.05) is 3.57 Å². The van der Waals surface area contributed by atoms with Crippen molar-refractivity contribution in [2.24, 2.45) is 0 Å². The van der Waals surface area contributed by atoms with E-state index in [0.29, 0.717) is 23.5 Å². The van der Waals surface area contributed by atoms with E-state index in [1.165, 1.54) is 6.92 Å². The van der Waals surface area contributed by atoms with Crippen molar-refractivity contribution in [1.82, 2.24) is 0 Å². The van der Waals surface area contributed by atoms with Crippen molar-refractivity contribution in [2.75, 3.05) is 6.61 Å². The number of carbonyl (C=O) groups excluding carboxylic acids is 2. The van der Waals surface area contributed by atoms with E-state index in [1.54, 1.807) is 12.1 Å². The Morgan fingerprint density at radius 1 is 1.53 bits per heavy atom. The van der Waals surface area contributed by atoms with E-state index in [4.69, 9.17) is 4.74 Å². The molecule has 0 radical (unpaired) electrons. The van der Waals surface area contributed by atoms with E-state index in [9.17, 15) is 9.59 Å². The molecule has 0 saturated carbocycles. The summed E-state index contributed by atoms with van der Waals surface area (Å²) in [4.78, 5) is 22.2. The quantitative estimate of drug-likeness (QED) is 0.487. The van der Waals surface area contributed by atoms with Gasteiger partial charge in [0.2, 0.25) is 0 Å². The normalized spacial score (nSPS) is 9.80. The van der Waals surface area contributed by atoms with Crippen molar-refractivity contribution in [3.8, 4) is 5.75 Å². The number of rotatable bonds is 4. The molecule has 0 aromatic heterocycles. The maximum Gasteiger partial charge on any atom is 0.163 e. The number of carbonyl (C=O) groups is 2. The van der Waals surface area contributed by atoms with Crippen LogP contribution in [0.4, 0.5) is 0 Å². The summed E-state index contributed by atoms with van der Waals surface area (Å²) in [6.45, 7) is 3.71. The fourth-order valence-electron chi connectivity index (χ4n) is 1.26. The van der Waals surface area contributed by atoms with Crippen LogP contribution in [0.2, 0.25) is 0 Å². The predicted molar refractivity (Wildman–Crippen MR) is 65.7 cm³/mol. The summed E-state index contributed by atoms with van der Waals surface area (Å²) in [5.74, 6) is 0.296. The van der Waals surface area contributed by atoms with Crippen LogP contribution in [0, 0.1) is 3.57 Å². The Hall–Kier alpha value is -0.910. The Balaban J connectivity index is 3.41. The maximum absolute atomic E-state index is 11.3. The first-order chi connectivity index (χ1) is 7.11. The van der Waals surface area contributed by atoms with Crippen molar-refractivity contribution in [2.45, 2.75) is 13.8 Å². The molecule has 0 atom stereocenters. The molecule has 1 aromatic rings. The van der Waals surface area contributed by atoms with Crippen LogP contribution in [0.15, 0.2) is 12.1 Å². The lowest BCUT2D eigenvalue weighted by Crippen LogP contribution is -2.05. The van der Waals surface area contributed by atoms with Crippen molar-refractivity contribution in [3.05, 3.63) is 26.8 Å². The van der Waals surface area contributed by atoms with E-state index < -0.39 is 0 Å². The van der Waals surface area contributed by atoms with Gasteiger partial charge in [-0.1, -0.05) is 0 Å². The van der Waals surface area contributed by atoms with Crippen LogP contribution in [0.3, 0.4) is 0 Å². The fourth-order valence-corrected chi connectivity index (χ4v) is 1.81. The zero-order chi connectivity index (χ0) is 11.4. The van der Waals surface area contributed by atoms with Crippen LogP contribution in [0.1, 0.15) is 34.6 Å². The molecule has 0 unspecified atom stereocenters. The molecule has 1 aromatic carbocycles. The second kappa shape index (κ2) is 5.25. The molecule has 4 heteroatoms. The van der Waals surface area contributed by atoms with Gasteiger partial charge in [0.25, 0.3) is 0 Å². The Bertz CT molecular complexity index is 399. The van der Waals surface area contributed by atoms with Gasteiger partial charge in [-0.15, -0.1) is 0 Å². The molecule has 1 rings (SSSR count). The summed E-state index contributed by atoms with van der Waals surface area (Å²) in [7, 11) is 0. The zero-order valence-corrected chi connectivity index (χ0v) is 10.7. The third kappa shape index (κ3) is 2.56. The highest BCUT2D eigenvalue weighted by molar-refractivity contribution is 14.1. The first-order valence-corrected chi connectivity index (χ1v) is 5.61. The molecule has 0 fully saturated rings. The topological polar surface area (TPSA) is 43.4 Å². The van der Waals surface area contributed by atoms with Crippen LogP contribution >= 0.6 is 22.6 Å². The van der Waals surface area contributed by atoms with Gasteiger partial charge in [-0.05, 0) is 48.6 Å². The predicted octanol–water partition coefficient (Wildman–Crippen LogP) is 2.71. The summed E-state index contributed by atoms with van der Waals surface area (Å²) >= 11 is 2.04. The van der Waals surface area contributed by atoms with Crippen LogP contribution in [0.25, 0.3) is 0 Å². The maximum atomic E-state index is 11.3. The van der Waals surface area contributed by atoms with Crippen LogP contribution < -0.4 is 4.74 Å². The molecule has 0 spiro atoms. The Morgan fingerprint density at radius 2 is 2.20 bits per heavy atom. The Labute approximate surface area is 102 Å². The van der Waals surface area contributed by atoms with E-state index in [-0.39, 0.29) is 5.78 Å². The van der Waals surface area contributed by atoms with Gasteiger partial charge in [0.05, 0.1) is 17.7 Å². The number of aldehydes is 1. The smallest absolute Gasteiger partial charge is 0.163 e. The monoisotopic (exact) mass is 318 g/mol. The lowest BCUT2D eigenvalue weighted by molar-refractivity contribution is 0.101. The molecular formula is C11H11IO3. The zero-order valence-electron chi connectivity index (χ0n) is 8.54. The summed E-state index contributed by atoms with van der Waals surface area (Å²) in [6.07, 6.45) is 0.721. The van der Waals surface area contributed by atoms with Gasteiger partial charge < -0.3 is 4.74 Å². The van der Waals surface area contributed by atoms with Crippen molar-refractivity contribution < 1.29 is 14.3 Å². The average molecular weight is 318 g/mol. The minimum Gasteiger partial charge on any atom is -0.492 e. The highest BCUT2D eigenvalue weighted by Crippen LogP contribution is 2.27. The number of halogens is 1. The summed E-state index contributed by atoms with van der Waals surface area (Å²) in [6, 6.07) is 3.42. The molecule has 0 aliphatic rings. The SMILES string of the molecule is CCOc1c(C(C)=O)ccc(I)c1C=O. The first-order valence-electron chi connectivity index (χ1n) is 4.53. The van der Waals surface area contributed by atoms with E-state index in [0.717, 1.165) is 9.86 Å². The van der Waals surface area contributed by atoms with Gasteiger partial charge in [0.1, 0.15) is 5.75 Å². The lowest BCUT2D eigenvalue weighted by atomic mass is 10.1. The van der Waals surface area contributed by atoms with E-state index in [2.05, 4.69) is 0 Å². The number of ether oxygens (including phenoxy) is 1. The number of Topliss-reactive ketones (excluding diaryl/α,β-unsaturated/α-hetero) is 1. The molecule has 3 nitrogen and oxygen atoms in total. The van der Waals surface area contributed by atoms with Crippen LogP contribution in [0.5, 0.6) is 5.75 Å². The third-order valence-electron chi connectivity index (χ3n) is 1.93. The number of hydrogen-bond donors (Lipinski definition) is 0. The fraction of sp³-hybridized carbons (Fsp3) is 0.273. The Kier molecular flexibility index (Phi) is 4.26. The third-order valence-corrected chi connectivity index (χ3v) is 2.87. The van der Waals surface area contributed by atoms with E-state index >= 15 is 0 Å². The van der Waals surface area contributed by atoms with Crippen molar-refractivity contribution >= 4 is 34.7 Å². The largest absolute Gasteiger partial charge is 0.492 e. The van der Waals surface area contributed by atoms with E-state index in [1.807, 2.05) is 29.5 Å². The molecule has 0 aliphatic heterocycles. The van der Waals surface area contributed by atoms with Crippen molar-refractivity contribution in [1.29, 1.82) is 0 Å². The van der Waals surface area contributed by atoms with Crippen LogP contribution in [-0.4, -0.2) is 18.7 Å². The minimum atomic E-state index is -0.0991. The van der Waals surface area contributed by atoms with Gasteiger partial charge in [0.15, 0.2) is 12.1 Å². The highest BCUT2D eigenvalue weighted by atomic mass is 127. The summed E-state index contributed by atoms with van der Waals surface area (Å²) in [5, 5.41) is 0. The molecule has 0 bridgehead atoms. The molecule has 80 valence electrons.